The van der Waals surface area contributed by atoms with Crippen LogP contribution in [0.3, 0.4) is 0 Å². The standard InChI is InChI=1S/C14H19N5/c1-3-8-19-10(2)12(9-16-19)13-6-7-15-14(18-13)17-11-4-5-11/h6-7,9,11H,3-5,8H2,1-2H3,(H,15,17,18). The third kappa shape index (κ3) is 2.59. The fourth-order valence-electron chi connectivity index (χ4n) is 2.12. The van der Waals surface area contributed by atoms with Crippen LogP contribution in [0.5, 0.6) is 0 Å². The predicted octanol–water partition coefficient (Wildman–Crippen LogP) is 2.63. The maximum atomic E-state index is 4.58. The van der Waals surface area contributed by atoms with Gasteiger partial charge in [-0.2, -0.15) is 5.10 Å². The largest absolute Gasteiger partial charge is 0.351 e. The van der Waals surface area contributed by atoms with E-state index in [2.05, 4.69) is 34.2 Å². The Balaban J connectivity index is 1.88. The van der Waals surface area contributed by atoms with Crippen LogP contribution in [0.2, 0.25) is 0 Å². The van der Waals surface area contributed by atoms with E-state index in [1.165, 1.54) is 12.8 Å². The van der Waals surface area contributed by atoms with Crippen molar-refractivity contribution in [2.75, 3.05) is 5.32 Å². The molecule has 100 valence electrons. The first kappa shape index (κ1) is 12.1. The lowest BCUT2D eigenvalue weighted by molar-refractivity contribution is 0.587. The Morgan fingerprint density at radius 1 is 1.42 bits per heavy atom. The van der Waals surface area contributed by atoms with Gasteiger partial charge in [0, 0.05) is 30.0 Å². The molecule has 1 aliphatic carbocycles. The Morgan fingerprint density at radius 2 is 2.26 bits per heavy atom. The van der Waals surface area contributed by atoms with Crippen molar-refractivity contribution in [2.24, 2.45) is 0 Å². The Bertz CT molecular complexity index is 571. The van der Waals surface area contributed by atoms with E-state index in [4.69, 9.17) is 0 Å². The van der Waals surface area contributed by atoms with Crippen LogP contribution in [0.1, 0.15) is 31.9 Å². The predicted molar refractivity (Wildman–Crippen MR) is 74.9 cm³/mol. The van der Waals surface area contributed by atoms with Crippen molar-refractivity contribution in [2.45, 2.75) is 45.7 Å². The highest BCUT2D eigenvalue weighted by Gasteiger charge is 2.22. The van der Waals surface area contributed by atoms with Crippen molar-refractivity contribution in [3.63, 3.8) is 0 Å². The number of hydrogen-bond donors (Lipinski definition) is 1. The summed E-state index contributed by atoms with van der Waals surface area (Å²) >= 11 is 0. The minimum atomic E-state index is 0.569. The minimum absolute atomic E-state index is 0.569. The zero-order valence-corrected chi connectivity index (χ0v) is 11.4. The summed E-state index contributed by atoms with van der Waals surface area (Å²) in [5.74, 6) is 0.725. The molecule has 19 heavy (non-hydrogen) atoms. The van der Waals surface area contributed by atoms with Crippen LogP contribution < -0.4 is 5.32 Å². The van der Waals surface area contributed by atoms with Crippen LogP contribution in [0, 0.1) is 6.92 Å². The molecule has 0 spiro atoms. The van der Waals surface area contributed by atoms with Gasteiger partial charge < -0.3 is 5.32 Å². The molecule has 5 nitrogen and oxygen atoms in total. The summed E-state index contributed by atoms with van der Waals surface area (Å²) in [7, 11) is 0. The van der Waals surface area contributed by atoms with Crippen molar-refractivity contribution in [3.8, 4) is 11.3 Å². The monoisotopic (exact) mass is 257 g/mol. The van der Waals surface area contributed by atoms with Gasteiger partial charge in [-0.05, 0) is 32.3 Å². The molecule has 1 N–H and O–H groups in total. The summed E-state index contributed by atoms with van der Waals surface area (Å²) in [5, 5.41) is 7.75. The average Bonchev–Trinajstić information content (AvgIpc) is 3.15. The van der Waals surface area contributed by atoms with Crippen molar-refractivity contribution < 1.29 is 0 Å². The minimum Gasteiger partial charge on any atom is -0.351 e. The smallest absolute Gasteiger partial charge is 0.223 e. The van der Waals surface area contributed by atoms with Gasteiger partial charge in [0.1, 0.15) is 0 Å². The molecule has 0 amide bonds. The normalized spacial score (nSPS) is 14.6. The Morgan fingerprint density at radius 3 is 3.00 bits per heavy atom. The Hall–Kier alpha value is -1.91. The fraction of sp³-hybridized carbons (Fsp3) is 0.500. The fourth-order valence-corrected chi connectivity index (χ4v) is 2.12. The molecular weight excluding hydrogens is 238 g/mol. The number of aromatic nitrogens is 4. The van der Waals surface area contributed by atoms with E-state index < -0.39 is 0 Å². The molecule has 0 bridgehead atoms. The van der Waals surface area contributed by atoms with Crippen molar-refractivity contribution in [1.29, 1.82) is 0 Å². The highest BCUT2D eigenvalue weighted by atomic mass is 15.3. The summed E-state index contributed by atoms with van der Waals surface area (Å²) in [6.07, 6.45) is 7.24. The van der Waals surface area contributed by atoms with Crippen molar-refractivity contribution >= 4 is 5.95 Å². The number of nitrogens with one attached hydrogen (secondary N) is 1. The molecule has 5 heteroatoms. The van der Waals surface area contributed by atoms with Crippen LogP contribution in [0.15, 0.2) is 18.5 Å². The van der Waals surface area contributed by atoms with E-state index in [9.17, 15) is 0 Å². The molecule has 3 rings (SSSR count). The van der Waals surface area contributed by atoms with Crippen molar-refractivity contribution in [3.05, 3.63) is 24.2 Å². The van der Waals surface area contributed by atoms with E-state index in [1.807, 2.05) is 23.1 Å². The van der Waals surface area contributed by atoms with Crippen molar-refractivity contribution in [1.82, 2.24) is 19.7 Å². The first-order chi connectivity index (χ1) is 9.28. The number of nitrogens with zero attached hydrogens (tertiary/aromatic N) is 4. The lowest BCUT2D eigenvalue weighted by Crippen LogP contribution is -2.05. The number of rotatable bonds is 5. The molecule has 0 radical (unpaired) electrons. The first-order valence-electron chi connectivity index (χ1n) is 6.90. The molecule has 1 fully saturated rings. The van der Waals surface area contributed by atoms with Crippen LogP contribution in [0.25, 0.3) is 11.3 Å². The van der Waals surface area contributed by atoms with Gasteiger partial charge in [-0.3, -0.25) is 4.68 Å². The highest BCUT2D eigenvalue weighted by Crippen LogP contribution is 2.25. The van der Waals surface area contributed by atoms with Gasteiger partial charge in [0.15, 0.2) is 0 Å². The SMILES string of the molecule is CCCn1ncc(-c2ccnc(NC3CC3)n2)c1C. The molecule has 0 saturated heterocycles. The number of anilines is 1. The van der Waals surface area contributed by atoms with E-state index in [0.717, 1.165) is 35.9 Å². The number of aryl methyl sites for hydroxylation is 1. The summed E-state index contributed by atoms with van der Waals surface area (Å²) in [4.78, 5) is 8.85. The Kier molecular flexibility index (Phi) is 3.19. The summed E-state index contributed by atoms with van der Waals surface area (Å²) in [6, 6.07) is 2.51. The van der Waals surface area contributed by atoms with Gasteiger partial charge in [0.2, 0.25) is 5.95 Å². The van der Waals surface area contributed by atoms with Gasteiger partial charge in [-0.15, -0.1) is 0 Å². The number of hydrogen-bond acceptors (Lipinski definition) is 4. The molecule has 2 aromatic rings. The summed E-state index contributed by atoms with van der Waals surface area (Å²) < 4.78 is 2.03. The van der Waals surface area contributed by atoms with Gasteiger partial charge >= 0.3 is 0 Å². The van der Waals surface area contributed by atoms with Gasteiger partial charge in [0.05, 0.1) is 11.9 Å². The molecule has 0 unspecified atom stereocenters. The molecule has 0 aromatic carbocycles. The third-order valence-corrected chi connectivity index (χ3v) is 3.38. The molecular formula is C14H19N5. The van der Waals surface area contributed by atoms with E-state index in [-0.39, 0.29) is 0 Å². The quantitative estimate of drug-likeness (QED) is 0.894. The lowest BCUT2D eigenvalue weighted by Gasteiger charge is -2.06. The molecule has 2 aromatic heterocycles. The molecule has 0 aliphatic heterocycles. The molecule has 1 saturated carbocycles. The summed E-state index contributed by atoms with van der Waals surface area (Å²) in [5.41, 5.74) is 3.20. The van der Waals surface area contributed by atoms with Crippen LogP contribution in [-0.4, -0.2) is 25.8 Å². The molecule has 1 aliphatic rings. The van der Waals surface area contributed by atoms with Gasteiger partial charge in [-0.1, -0.05) is 6.92 Å². The zero-order chi connectivity index (χ0) is 13.2. The van der Waals surface area contributed by atoms with Gasteiger partial charge in [-0.25, -0.2) is 9.97 Å². The molecule has 2 heterocycles. The first-order valence-corrected chi connectivity index (χ1v) is 6.90. The maximum Gasteiger partial charge on any atom is 0.223 e. The average molecular weight is 257 g/mol. The van der Waals surface area contributed by atoms with Gasteiger partial charge in [0.25, 0.3) is 0 Å². The van der Waals surface area contributed by atoms with E-state index >= 15 is 0 Å². The second kappa shape index (κ2) is 4.99. The van der Waals surface area contributed by atoms with E-state index in [1.54, 1.807) is 0 Å². The maximum absolute atomic E-state index is 4.58. The third-order valence-electron chi connectivity index (χ3n) is 3.38. The topological polar surface area (TPSA) is 55.6 Å². The zero-order valence-electron chi connectivity index (χ0n) is 11.4. The van der Waals surface area contributed by atoms with Crippen LogP contribution in [0.4, 0.5) is 5.95 Å². The second-order valence-electron chi connectivity index (χ2n) is 5.05. The highest BCUT2D eigenvalue weighted by molar-refractivity contribution is 5.61. The van der Waals surface area contributed by atoms with Crippen LogP contribution in [-0.2, 0) is 6.54 Å². The lowest BCUT2D eigenvalue weighted by atomic mass is 10.2. The summed E-state index contributed by atoms with van der Waals surface area (Å²) in [6.45, 7) is 5.20. The second-order valence-corrected chi connectivity index (χ2v) is 5.05. The molecule has 0 atom stereocenters. The Labute approximate surface area is 113 Å². The van der Waals surface area contributed by atoms with E-state index in [0.29, 0.717) is 6.04 Å². The van der Waals surface area contributed by atoms with Crippen LogP contribution >= 0.6 is 0 Å².